The van der Waals surface area contributed by atoms with Gasteiger partial charge in [-0.15, -0.1) is 0 Å². The van der Waals surface area contributed by atoms with E-state index in [-0.39, 0.29) is 11.9 Å². The fourth-order valence-corrected chi connectivity index (χ4v) is 2.42. The third-order valence-electron chi connectivity index (χ3n) is 3.01. The maximum atomic E-state index is 11.8. The van der Waals surface area contributed by atoms with E-state index >= 15 is 0 Å². The van der Waals surface area contributed by atoms with Gasteiger partial charge >= 0.3 is 5.97 Å². The molecule has 0 spiro atoms. The number of nitrogens with one attached hydrogen (secondary N) is 2. The largest absolute Gasteiger partial charge is 0.465 e. The molecule has 0 aliphatic heterocycles. The molecular formula is C13H26N2O3S. The van der Waals surface area contributed by atoms with Crippen molar-refractivity contribution in [3.8, 4) is 0 Å². The Morgan fingerprint density at radius 3 is 2.47 bits per heavy atom. The quantitative estimate of drug-likeness (QED) is 0.467. The van der Waals surface area contributed by atoms with Gasteiger partial charge in [0.2, 0.25) is 5.91 Å². The summed E-state index contributed by atoms with van der Waals surface area (Å²) in [6, 6.07) is 0. The molecule has 1 unspecified atom stereocenters. The highest BCUT2D eigenvalue weighted by Crippen LogP contribution is 2.17. The van der Waals surface area contributed by atoms with E-state index in [1.807, 2.05) is 13.8 Å². The van der Waals surface area contributed by atoms with Crippen LogP contribution < -0.4 is 10.6 Å². The van der Waals surface area contributed by atoms with E-state index in [0.29, 0.717) is 12.4 Å². The van der Waals surface area contributed by atoms with Crippen molar-refractivity contribution in [2.75, 3.05) is 32.2 Å². The molecule has 0 fully saturated rings. The highest BCUT2D eigenvalue weighted by atomic mass is 32.2. The van der Waals surface area contributed by atoms with Crippen molar-refractivity contribution >= 4 is 23.6 Å². The molecule has 0 bridgehead atoms. The second-order valence-corrected chi connectivity index (χ2v) is 5.59. The van der Waals surface area contributed by atoms with Crippen molar-refractivity contribution < 1.29 is 14.3 Å². The molecule has 0 aromatic heterocycles. The van der Waals surface area contributed by atoms with Crippen LogP contribution in [0, 0.1) is 0 Å². The first-order chi connectivity index (χ1) is 9.00. The van der Waals surface area contributed by atoms with Crippen LogP contribution >= 0.6 is 11.8 Å². The van der Waals surface area contributed by atoms with Gasteiger partial charge in [-0.25, -0.2) is 0 Å². The van der Waals surface area contributed by atoms with E-state index in [2.05, 4.69) is 10.6 Å². The van der Waals surface area contributed by atoms with Crippen LogP contribution in [0.3, 0.4) is 0 Å². The Balaban J connectivity index is 3.83. The molecule has 0 saturated heterocycles. The zero-order valence-electron chi connectivity index (χ0n) is 12.4. The molecule has 0 aromatic carbocycles. The van der Waals surface area contributed by atoms with E-state index in [4.69, 9.17) is 4.74 Å². The number of thioether (sulfide) groups is 1. The molecule has 6 heteroatoms. The van der Waals surface area contributed by atoms with E-state index in [1.54, 1.807) is 25.9 Å². The van der Waals surface area contributed by atoms with Gasteiger partial charge in [-0.3, -0.25) is 9.59 Å². The van der Waals surface area contributed by atoms with E-state index in [0.717, 1.165) is 25.0 Å². The van der Waals surface area contributed by atoms with Gasteiger partial charge in [0.25, 0.3) is 0 Å². The van der Waals surface area contributed by atoms with Gasteiger partial charge in [-0.2, -0.15) is 11.8 Å². The molecule has 19 heavy (non-hydrogen) atoms. The molecule has 0 radical (unpaired) electrons. The second-order valence-electron chi connectivity index (χ2n) is 4.49. The normalized spacial score (nSPS) is 13.7. The lowest BCUT2D eigenvalue weighted by Crippen LogP contribution is -2.48. The molecule has 0 aliphatic rings. The summed E-state index contributed by atoms with van der Waals surface area (Å²) in [5.74, 6) is 1.28. The highest BCUT2D eigenvalue weighted by molar-refractivity contribution is 7.99. The zero-order chi connectivity index (χ0) is 14.7. The van der Waals surface area contributed by atoms with Crippen LogP contribution in [0.15, 0.2) is 0 Å². The number of hydrogen-bond acceptors (Lipinski definition) is 5. The predicted molar refractivity (Wildman–Crippen MR) is 79.3 cm³/mol. The lowest BCUT2D eigenvalue weighted by Gasteiger charge is -2.26. The number of likely N-dealkylation sites (N-methyl/N-ethyl adjacent to an activating group) is 1. The molecule has 1 atom stereocenters. The van der Waals surface area contributed by atoms with Crippen LogP contribution in [-0.4, -0.2) is 49.6 Å². The summed E-state index contributed by atoms with van der Waals surface area (Å²) in [5.41, 5.74) is -0.610. The molecule has 0 saturated carbocycles. The Kier molecular flexibility index (Phi) is 9.69. The number of amides is 1. The number of carbonyl (C=O) groups is 2. The van der Waals surface area contributed by atoms with Crippen molar-refractivity contribution in [2.45, 2.75) is 38.6 Å². The third kappa shape index (κ3) is 7.42. The minimum Gasteiger partial charge on any atom is -0.465 e. The zero-order valence-corrected chi connectivity index (χ0v) is 13.2. The fourth-order valence-electron chi connectivity index (χ4n) is 1.54. The molecule has 0 aliphatic carbocycles. The molecule has 0 heterocycles. The van der Waals surface area contributed by atoms with Crippen molar-refractivity contribution in [3.05, 3.63) is 0 Å². The number of unbranched alkanes of at least 4 members (excludes halogenated alkanes) is 1. The smallest absolute Gasteiger partial charge is 0.326 e. The van der Waals surface area contributed by atoms with Crippen LogP contribution in [0.25, 0.3) is 0 Å². The first-order valence-electron chi connectivity index (χ1n) is 6.64. The van der Waals surface area contributed by atoms with Gasteiger partial charge in [-0.1, -0.05) is 6.42 Å². The molecular weight excluding hydrogens is 264 g/mol. The van der Waals surface area contributed by atoms with Gasteiger partial charge < -0.3 is 15.4 Å². The van der Waals surface area contributed by atoms with Gasteiger partial charge in [0.15, 0.2) is 0 Å². The third-order valence-corrected chi connectivity index (χ3v) is 4.05. The summed E-state index contributed by atoms with van der Waals surface area (Å²) in [6.07, 6.45) is 2.65. The minimum absolute atomic E-state index is 0.0524. The molecule has 0 rings (SSSR count). The number of hydrogen-bond donors (Lipinski definition) is 2. The molecule has 1 amide bonds. The average Bonchev–Trinajstić information content (AvgIpc) is 2.42. The van der Waals surface area contributed by atoms with Crippen LogP contribution in [0.4, 0.5) is 0 Å². The van der Waals surface area contributed by atoms with Crippen molar-refractivity contribution in [1.29, 1.82) is 0 Å². The number of rotatable bonds is 10. The molecule has 112 valence electrons. The van der Waals surface area contributed by atoms with Gasteiger partial charge in [0.1, 0.15) is 5.54 Å². The van der Waals surface area contributed by atoms with Crippen LogP contribution in [0.5, 0.6) is 0 Å². The number of esters is 1. The second kappa shape index (κ2) is 10.1. The summed E-state index contributed by atoms with van der Waals surface area (Å²) in [6.45, 7) is 4.07. The fraction of sp³-hybridized carbons (Fsp3) is 0.846. The van der Waals surface area contributed by atoms with Crippen LogP contribution in [-0.2, 0) is 14.3 Å². The van der Waals surface area contributed by atoms with E-state index in [9.17, 15) is 9.59 Å². The van der Waals surface area contributed by atoms with Crippen LogP contribution in [0.1, 0.15) is 33.1 Å². The Morgan fingerprint density at radius 1 is 1.26 bits per heavy atom. The highest BCUT2D eigenvalue weighted by Gasteiger charge is 2.31. The van der Waals surface area contributed by atoms with Crippen LogP contribution in [0.2, 0.25) is 0 Å². The van der Waals surface area contributed by atoms with E-state index < -0.39 is 5.54 Å². The predicted octanol–water partition coefficient (Wildman–Crippen LogP) is 1.18. The Labute approximate surface area is 120 Å². The lowest BCUT2D eigenvalue weighted by atomic mass is 9.95. The average molecular weight is 290 g/mol. The number of ether oxygens (including phenoxy) is 1. The maximum Gasteiger partial charge on any atom is 0.326 e. The Hall–Kier alpha value is -0.750. The first kappa shape index (κ1) is 18.2. The summed E-state index contributed by atoms with van der Waals surface area (Å²) in [4.78, 5) is 22.8. The Bertz CT molecular complexity index is 287. The SMILES string of the molecule is CCOC(=O)C(C)(CCCCSCC(=O)NC)NC. The minimum atomic E-state index is -0.610. The summed E-state index contributed by atoms with van der Waals surface area (Å²) >= 11 is 1.61. The molecule has 2 N–H and O–H groups in total. The summed E-state index contributed by atoms with van der Waals surface area (Å²) in [5, 5.41) is 5.62. The lowest BCUT2D eigenvalue weighted by molar-refractivity contribution is -0.150. The first-order valence-corrected chi connectivity index (χ1v) is 7.80. The van der Waals surface area contributed by atoms with Crippen molar-refractivity contribution in [3.63, 3.8) is 0 Å². The van der Waals surface area contributed by atoms with E-state index in [1.165, 1.54) is 0 Å². The number of carbonyl (C=O) groups excluding carboxylic acids is 2. The van der Waals surface area contributed by atoms with Gasteiger partial charge in [-0.05, 0) is 39.5 Å². The standard InChI is InChI=1S/C13H26N2O3S/c1-5-18-12(17)13(2,15-4)8-6-7-9-19-10-11(16)14-3/h15H,5-10H2,1-4H3,(H,14,16). The maximum absolute atomic E-state index is 11.8. The van der Waals surface area contributed by atoms with Gasteiger partial charge in [0, 0.05) is 7.05 Å². The summed E-state index contributed by atoms with van der Waals surface area (Å²) in [7, 11) is 3.41. The topological polar surface area (TPSA) is 67.4 Å². The molecule has 0 aromatic rings. The van der Waals surface area contributed by atoms with Crippen molar-refractivity contribution in [2.24, 2.45) is 0 Å². The summed E-state index contributed by atoms with van der Waals surface area (Å²) < 4.78 is 5.06. The van der Waals surface area contributed by atoms with Crippen molar-refractivity contribution in [1.82, 2.24) is 10.6 Å². The Morgan fingerprint density at radius 2 is 1.95 bits per heavy atom. The monoisotopic (exact) mass is 290 g/mol. The van der Waals surface area contributed by atoms with Gasteiger partial charge in [0.05, 0.1) is 12.4 Å². The molecule has 5 nitrogen and oxygen atoms in total.